The molecule has 0 saturated carbocycles. The predicted molar refractivity (Wildman–Crippen MR) is 75.7 cm³/mol. The van der Waals surface area contributed by atoms with Crippen molar-refractivity contribution in [1.82, 2.24) is 20.4 Å². The smallest absolute Gasteiger partial charge is 0.236 e. The first-order valence-corrected chi connectivity index (χ1v) is 8.62. The fraction of sp³-hybridized carbons (Fsp3) is 0.375. The molecule has 10 heteroatoms. The molecule has 0 aliphatic rings. The molecule has 96 valence electrons. The van der Waals surface area contributed by atoms with Gasteiger partial charge in [0, 0.05) is 0 Å². The van der Waals surface area contributed by atoms with Gasteiger partial charge in [0.25, 0.3) is 0 Å². The van der Waals surface area contributed by atoms with Crippen molar-refractivity contribution >= 4 is 57.2 Å². The molecular formula is C8H9N5OS4. The first-order valence-electron chi connectivity index (χ1n) is 4.77. The van der Waals surface area contributed by atoms with E-state index in [-0.39, 0.29) is 5.91 Å². The predicted octanol–water partition coefficient (Wildman–Crippen LogP) is 2.15. The Kier molecular flexibility index (Phi) is 4.92. The molecule has 1 amide bonds. The fourth-order valence-electron chi connectivity index (χ4n) is 0.962. The maximum absolute atomic E-state index is 11.6. The lowest BCUT2D eigenvalue weighted by atomic mass is 10.7. The third-order valence-corrected chi connectivity index (χ3v) is 5.45. The number of aromatic nitrogens is 4. The van der Waals surface area contributed by atoms with Crippen LogP contribution in [0.1, 0.15) is 5.01 Å². The van der Waals surface area contributed by atoms with Gasteiger partial charge in [-0.05, 0) is 13.2 Å². The zero-order chi connectivity index (χ0) is 13.0. The van der Waals surface area contributed by atoms with E-state index in [1.807, 2.05) is 13.2 Å². The average molecular weight is 319 g/mol. The zero-order valence-electron chi connectivity index (χ0n) is 9.54. The molecule has 2 aromatic heterocycles. The number of thioether (sulfide) groups is 2. The van der Waals surface area contributed by atoms with Crippen LogP contribution < -0.4 is 5.32 Å². The zero-order valence-corrected chi connectivity index (χ0v) is 12.8. The van der Waals surface area contributed by atoms with E-state index in [2.05, 4.69) is 25.7 Å². The molecule has 2 aromatic rings. The van der Waals surface area contributed by atoms with Gasteiger partial charge in [-0.3, -0.25) is 10.1 Å². The van der Waals surface area contributed by atoms with E-state index >= 15 is 0 Å². The molecule has 0 aliphatic carbocycles. The molecule has 2 rings (SSSR count). The molecule has 0 atom stereocenters. The maximum Gasteiger partial charge on any atom is 0.236 e. The normalized spacial score (nSPS) is 10.6. The van der Waals surface area contributed by atoms with Crippen molar-refractivity contribution in [1.29, 1.82) is 0 Å². The lowest BCUT2D eigenvalue weighted by molar-refractivity contribution is -0.113. The van der Waals surface area contributed by atoms with Crippen molar-refractivity contribution < 1.29 is 4.79 Å². The van der Waals surface area contributed by atoms with E-state index in [1.165, 1.54) is 46.2 Å². The SMILES string of the molecule is CSc1nnc(NC(=O)CSc2nnc(C)s2)s1. The topological polar surface area (TPSA) is 80.7 Å². The van der Waals surface area contributed by atoms with E-state index in [9.17, 15) is 4.79 Å². The number of carbonyl (C=O) groups excluding carboxylic acids is 1. The van der Waals surface area contributed by atoms with Crippen LogP contribution in [-0.4, -0.2) is 38.3 Å². The van der Waals surface area contributed by atoms with Crippen LogP contribution in [0.2, 0.25) is 0 Å². The van der Waals surface area contributed by atoms with Gasteiger partial charge >= 0.3 is 0 Å². The first kappa shape index (κ1) is 13.7. The van der Waals surface area contributed by atoms with E-state index < -0.39 is 0 Å². The third-order valence-electron chi connectivity index (χ3n) is 1.66. The van der Waals surface area contributed by atoms with Gasteiger partial charge in [-0.15, -0.1) is 20.4 Å². The van der Waals surface area contributed by atoms with Crippen LogP contribution in [0, 0.1) is 6.92 Å². The van der Waals surface area contributed by atoms with Crippen molar-refractivity contribution in [3.05, 3.63) is 5.01 Å². The molecule has 0 aromatic carbocycles. The van der Waals surface area contributed by atoms with Gasteiger partial charge in [-0.25, -0.2) is 0 Å². The largest absolute Gasteiger partial charge is 0.300 e. The Morgan fingerprint density at radius 3 is 2.61 bits per heavy atom. The Labute approximate surface area is 120 Å². The minimum Gasteiger partial charge on any atom is -0.300 e. The number of carbonyl (C=O) groups is 1. The van der Waals surface area contributed by atoms with E-state index in [0.29, 0.717) is 10.9 Å². The number of hydrogen-bond acceptors (Lipinski definition) is 9. The summed E-state index contributed by atoms with van der Waals surface area (Å²) in [5, 5.41) is 19.7. The second-order valence-electron chi connectivity index (χ2n) is 3.00. The van der Waals surface area contributed by atoms with Crippen LogP contribution in [0.5, 0.6) is 0 Å². The summed E-state index contributed by atoms with van der Waals surface area (Å²) < 4.78 is 1.63. The molecule has 6 nitrogen and oxygen atoms in total. The Hall–Kier alpha value is -0.710. The summed E-state index contributed by atoms with van der Waals surface area (Å²) in [6.45, 7) is 1.88. The molecule has 0 fully saturated rings. The van der Waals surface area contributed by atoms with Gasteiger partial charge in [0.2, 0.25) is 11.0 Å². The second-order valence-corrected chi connectivity index (χ2v) is 7.44. The van der Waals surface area contributed by atoms with Crippen LogP contribution in [0.4, 0.5) is 5.13 Å². The lowest BCUT2D eigenvalue weighted by Gasteiger charge is -1.97. The number of amides is 1. The number of aryl methyl sites for hydroxylation is 1. The monoisotopic (exact) mass is 319 g/mol. The highest BCUT2D eigenvalue weighted by Crippen LogP contribution is 2.24. The Morgan fingerprint density at radius 2 is 2.00 bits per heavy atom. The van der Waals surface area contributed by atoms with E-state index in [4.69, 9.17) is 0 Å². The number of nitrogens with zero attached hydrogens (tertiary/aromatic N) is 4. The molecular weight excluding hydrogens is 310 g/mol. The molecule has 0 saturated heterocycles. The van der Waals surface area contributed by atoms with Gasteiger partial charge in [-0.1, -0.05) is 46.2 Å². The number of anilines is 1. The molecule has 0 unspecified atom stereocenters. The summed E-state index contributed by atoms with van der Waals surface area (Å²) in [4.78, 5) is 11.6. The van der Waals surface area contributed by atoms with Crippen molar-refractivity contribution in [3.63, 3.8) is 0 Å². The van der Waals surface area contributed by atoms with Crippen LogP contribution >= 0.6 is 46.2 Å². The van der Waals surface area contributed by atoms with Crippen molar-refractivity contribution in [2.45, 2.75) is 15.6 Å². The van der Waals surface area contributed by atoms with E-state index in [1.54, 1.807) is 0 Å². The molecule has 18 heavy (non-hydrogen) atoms. The number of hydrogen-bond donors (Lipinski definition) is 1. The summed E-state index contributed by atoms with van der Waals surface area (Å²) in [5.74, 6) is 0.180. The number of rotatable bonds is 5. The van der Waals surface area contributed by atoms with Gasteiger partial charge in [-0.2, -0.15) is 0 Å². The van der Waals surface area contributed by atoms with Crippen LogP contribution in [0.3, 0.4) is 0 Å². The van der Waals surface area contributed by atoms with Crippen molar-refractivity contribution in [2.24, 2.45) is 0 Å². The Balaban J connectivity index is 1.81. The minimum atomic E-state index is -0.114. The first-order chi connectivity index (χ1) is 8.67. The standard InChI is InChI=1S/C8H9N5OS4/c1-4-10-13-8(17-4)16-3-5(14)9-6-11-12-7(15-2)18-6/h3H2,1-2H3,(H,9,11,14). The summed E-state index contributed by atoms with van der Waals surface area (Å²) >= 11 is 5.70. The second kappa shape index (κ2) is 6.45. The highest BCUT2D eigenvalue weighted by Gasteiger charge is 2.09. The molecule has 0 bridgehead atoms. The van der Waals surface area contributed by atoms with Gasteiger partial charge in [0.1, 0.15) is 5.01 Å². The summed E-state index contributed by atoms with van der Waals surface area (Å²) in [7, 11) is 0. The fourth-order valence-corrected chi connectivity index (χ4v) is 3.76. The highest BCUT2D eigenvalue weighted by molar-refractivity contribution is 8.01. The molecule has 0 radical (unpaired) electrons. The van der Waals surface area contributed by atoms with Crippen LogP contribution in [-0.2, 0) is 4.79 Å². The van der Waals surface area contributed by atoms with E-state index in [0.717, 1.165) is 13.7 Å². The Bertz CT molecular complexity index is 539. The molecule has 1 N–H and O–H groups in total. The number of nitrogens with one attached hydrogen (secondary N) is 1. The van der Waals surface area contributed by atoms with Crippen LogP contribution in [0.25, 0.3) is 0 Å². The van der Waals surface area contributed by atoms with Crippen molar-refractivity contribution in [2.75, 3.05) is 17.3 Å². The molecule has 0 aliphatic heterocycles. The summed E-state index contributed by atoms with van der Waals surface area (Å²) in [5.41, 5.74) is 0. The summed E-state index contributed by atoms with van der Waals surface area (Å²) in [6.07, 6.45) is 1.92. The molecule has 2 heterocycles. The van der Waals surface area contributed by atoms with Crippen molar-refractivity contribution in [3.8, 4) is 0 Å². The Morgan fingerprint density at radius 1 is 1.22 bits per heavy atom. The minimum absolute atomic E-state index is 0.114. The summed E-state index contributed by atoms with van der Waals surface area (Å²) in [6, 6.07) is 0. The average Bonchev–Trinajstić information content (AvgIpc) is 2.95. The third kappa shape index (κ3) is 3.90. The van der Waals surface area contributed by atoms with Gasteiger partial charge in [0.15, 0.2) is 8.68 Å². The quantitative estimate of drug-likeness (QED) is 0.668. The van der Waals surface area contributed by atoms with Gasteiger partial charge < -0.3 is 0 Å². The lowest BCUT2D eigenvalue weighted by Crippen LogP contribution is -2.13. The molecule has 0 spiro atoms. The highest BCUT2D eigenvalue weighted by atomic mass is 32.2. The van der Waals surface area contributed by atoms with Gasteiger partial charge in [0.05, 0.1) is 5.75 Å². The maximum atomic E-state index is 11.6. The van der Waals surface area contributed by atoms with Crippen LogP contribution in [0.15, 0.2) is 8.68 Å².